The maximum Gasteiger partial charge on any atom is 0.326 e. The molecular weight excluding hydrogens is 572 g/mol. The van der Waals surface area contributed by atoms with Crippen LogP contribution in [0.5, 0.6) is 0 Å². The summed E-state index contributed by atoms with van der Waals surface area (Å²) in [4.78, 5) is 66.3. The van der Waals surface area contributed by atoms with Crippen molar-refractivity contribution in [2.45, 2.75) is 62.7 Å². The lowest BCUT2D eigenvalue weighted by atomic mass is 10.0. The molecule has 1 aromatic heterocycles. The predicted molar refractivity (Wildman–Crippen MR) is 164 cm³/mol. The minimum atomic E-state index is -1.26. The van der Waals surface area contributed by atoms with E-state index in [1.54, 1.807) is 30.3 Å². The Kier molecular flexibility index (Phi) is 14.6. The van der Waals surface area contributed by atoms with Gasteiger partial charge >= 0.3 is 5.97 Å². The molecule has 0 fully saturated rings. The number of hydrogen-bond acceptors (Lipinski definition) is 8. The van der Waals surface area contributed by atoms with Crippen molar-refractivity contribution in [3.05, 3.63) is 54.1 Å². The molecule has 240 valence electrons. The molecule has 0 saturated carbocycles. The summed E-state index contributed by atoms with van der Waals surface area (Å²) in [5, 5.41) is 17.5. The van der Waals surface area contributed by atoms with Crippen LogP contribution >= 0.6 is 0 Å². The van der Waals surface area contributed by atoms with Crippen molar-refractivity contribution >= 4 is 35.6 Å². The molecule has 2 aromatic rings. The molecule has 1 heterocycles. The number of carbonyl (C=O) groups excluding carboxylic acids is 3. The van der Waals surface area contributed by atoms with E-state index in [0.29, 0.717) is 17.7 Å². The van der Waals surface area contributed by atoms with Gasteiger partial charge in [-0.05, 0) is 31.2 Å². The summed E-state index contributed by atoms with van der Waals surface area (Å²) in [5.74, 6) is -3.46. The molecule has 0 aliphatic rings. The number of benzene rings is 1. The topological polar surface area (TPSA) is 308 Å². The van der Waals surface area contributed by atoms with Gasteiger partial charge in [-0.1, -0.05) is 30.3 Å². The molecule has 17 nitrogen and oxygen atoms in total. The summed E-state index contributed by atoms with van der Waals surface area (Å²) in [6, 6.07) is 4.32. The fraction of sp³-hybridized carbons (Fsp3) is 0.444. The molecule has 1 aromatic carbocycles. The number of nitrogens with one attached hydrogen (secondary N) is 4. The van der Waals surface area contributed by atoms with E-state index in [1.807, 2.05) is 0 Å². The monoisotopic (exact) mass is 614 g/mol. The van der Waals surface area contributed by atoms with E-state index in [-0.39, 0.29) is 57.1 Å². The zero-order valence-corrected chi connectivity index (χ0v) is 24.3. The molecule has 4 unspecified atom stereocenters. The Bertz CT molecular complexity index is 1260. The summed E-state index contributed by atoms with van der Waals surface area (Å²) in [5.41, 5.74) is 28.5. The molecular formula is C27H42N12O5. The van der Waals surface area contributed by atoms with Gasteiger partial charge in [0.05, 0.1) is 12.4 Å². The van der Waals surface area contributed by atoms with Crippen molar-refractivity contribution in [1.29, 1.82) is 0 Å². The summed E-state index contributed by atoms with van der Waals surface area (Å²) in [7, 11) is 0. The van der Waals surface area contributed by atoms with Crippen molar-refractivity contribution in [3.8, 4) is 0 Å². The van der Waals surface area contributed by atoms with Crippen molar-refractivity contribution in [2.24, 2.45) is 38.7 Å². The average molecular weight is 615 g/mol. The SMILES string of the molecule is NC(N)=NCCCC(N)C(=O)NC(Cc1cnc[nH]1)C(=O)NC(Cc1ccccc1)C(=O)NC(CCCN=C(N)N)C(=O)O. The second-order valence-corrected chi connectivity index (χ2v) is 10.00. The molecule has 0 bridgehead atoms. The zero-order chi connectivity index (χ0) is 32.5. The fourth-order valence-electron chi connectivity index (χ4n) is 4.12. The van der Waals surface area contributed by atoms with Gasteiger partial charge in [0.1, 0.15) is 18.1 Å². The highest BCUT2D eigenvalue weighted by molar-refractivity contribution is 5.94. The van der Waals surface area contributed by atoms with Crippen molar-refractivity contribution in [3.63, 3.8) is 0 Å². The van der Waals surface area contributed by atoms with Gasteiger partial charge in [0, 0.05) is 37.8 Å². The number of nitrogens with zero attached hydrogens (tertiary/aromatic N) is 3. The maximum absolute atomic E-state index is 13.6. The van der Waals surface area contributed by atoms with E-state index in [0.717, 1.165) is 0 Å². The number of amides is 3. The number of carbonyl (C=O) groups is 4. The lowest BCUT2D eigenvalue weighted by Crippen LogP contribution is -2.58. The predicted octanol–water partition coefficient (Wildman–Crippen LogP) is -2.83. The Morgan fingerprint density at radius 2 is 1.34 bits per heavy atom. The van der Waals surface area contributed by atoms with Gasteiger partial charge in [-0.25, -0.2) is 9.78 Å². The number of rotatable bonds is 19. The smallest absolute Gasteiger partial charge is 0.326 e. The van der Waals surface area contributed by atoms with Crippen LogP contribution in [0.15, 0.2) is 52.8 Å². The van der Waals surface area contributed by atoms with Crippen LogP contribution in [0.1, 0.15) is 36.9 Å². The number of hydrogen-bond donors (Lipinski definition) is 10. The Labute approximate surface area is 254 Å². The first kappa shape index (κ1) is 35.0. The van der Waals surface area contributed by atoms with E-state index in [4.69, 9.17) is 28.7 Å². The first-order valence-electron chi connectivity index (χ1n) is 14.0. The van der Waals surface area contributed by atoms with Gasteiger partial charge in [0.2, 0.25) is 17.7 Å². The number of aliphatic imine (C=N–C) groups is 2. The van der Waals surface area contributed by atoms with Gasteiger partial charge in [-0.15, -0.1) is 0 Å². The van der Waals surface area contributed by atoms with Crippen LogP contribution in [0.4, 0.5) is 0 Å². The van der Waals surface area contributed by atoms with Crippen LogP contribution in [0.2, 0.25) is 0 Å². The van der Waals surface area contributed by atoms with Crippen LogP contribution < -0.4 is 44.6 Å². The molecule has 0 radical (unpaired) electrons. The molecule has 3 amide bonds. The van der Waals surface area contributed by atoms with Crippen LogP contribution in [-0.2, 0) is 32.0 Å². The Balaban J connectivity index is 2.20. The minimum absolute atomic E-state index is 0.0144. The zero-order valence-electron chi connectivity index (χ0n) is 24.3. The second-order valence-electron chi connectivity index (χ2n) is 10.00. The number of carboxylic acid groups (broad SMARTS) is 1. The van der Waals surface area contributed by atoms with E-state index < -0.39 is 47.9 Å². The maximum atomic E-state index is 13.6. The van der Waals surface area contributed by atoms with Crippen LogP contribution in [-0.4, -0.2) is 87.9 Å². The number of nitrogens with two attached hydrogens (primary N) is 5. The van der Waals surface area contributed by atoms with Crippen LogP contribution in [0.3, 0.4) is 0 Å². The van der Waals surface area contributed by atoms with E-state index in [9.17, 15) is 24.3 Å². The molecule has 0 aliphatic carbocycles. The molecule has 4 atom stereocenters. The van der Waals surface area contributed by atoms with Crippen molar-refractivity contribution < 1.29 is 24.3 Å². The van der Waals surface area contributed by atoms with Gasteiger partial charge in [0.15, 0.2) is 11.9 Å². The standard InChI is InChI=1S/C27H42N12O5/c28-18(8-4-10-34-26(29)30)22(40)38-21(13-17-14-33-15-36-17)24(42)39-20(12-16-6-2-1-3-7-16)23(41)37-19(25(43)44)9-5-11-35-27(31)32/h1-3,6-7,14-15,18-21H,4-5,8-13,28H2,(H,33,36)(H,37,41)(H,38,40)(H,39,42)(H,43,44)(H4,29,30,34)(H4,31,32,35). The quantitative estimate of drug-likeness (QED) is 0.0436. The first-order valence-corrected chi connectivity index (χ1v) is 14.0. The van der Waals surface area contributed by atoms with E-state index in [1.165, 1.54) is 12.5 Å². The number of H-pyrrole nitrogens is 1. The summed E-state index contributed by atoms with van der Waals surface area (Å²) < 4.78 is 0. The van der Waals surface area contributed by atoms with Gasteiger partial charge in [-0.2, -0.15) is 0 Å². The molecule has 2 rings (SSSR count). The molecule has 0 saturated heterocycles. The molecule has 44 heavy (non-hydrogen) atoms. The third-order valence-corrected chi connectivity index (χ3v) is 6.39. The molecule has 0 spiro atoms. The lowest BCUT2D eigenvalue weighted by molar-refractivity contribution is -0.142. The van der Waals surface area contributed by atoms with Crippen molar-refractivity contribution in [2.75, 3.05) is 13.1 Å². The van der Waals surface area contributed by atoms with Gasteiger partial charge < -0.3 is 54.7 Å². The van der Waals surface area contributed by atoms with E-state index in [2.05, 4.69) is 35.9 Å². The highest BCUT2D eigenvalue weighted by atomic mass is 16.4. The number of aliphatic carboxylic acids is 1. The Morgan fingerprint density at radius 3 is 1.89 bits per heavy atom. The highest BCUT2D eigenvalue weighted by Gasteiger charge is 2.31. The average Bonchev–Trinajstić information content (AvgIpc) is 3.49. The number of guanidine groups is 2. The van der Waals surface area contributed by atoms with Gasteiger partial charge in [-0.3, -0.25) is 24.4 Å². The summed E-state index contributed by atoms with van der Waals surface area (Å²) >= 11 is 0. The first-order chi connectivity index (χ1) is 21.0. The Hall–Kier alpha value is -5.19. The Morgan fingerprint density at radius 1 is 0.795 bits per heavy atom. The van der Waals surface area contributed by atoms with Crippen molar-refractivity contribution in [1.82, 2.24) is 25.9 Å². The van der Waals surface area contributed by atoms with Crippen LogP contribution in [0, 0.1) is 0 Å². The molecule has 15 N–H and O–H groups in total. The third kappa shape index (κ3) is 13.2. The molecule has 17 heteroatoms. The third-order valence-electron chi connectivity index (χ3n) is 6.39. The lowest BCUT2D eigenvalue weighted by Gasteiger charge is -2.25. The summed E-state index contributed by atoms with van der Waals surface area (Å²) in [6.45, 7) is 0.459. The minimum Gasteiger partial charge on any atom is -0.480 e. The normalized spacial score (nSPS) is 13.4. The fourth-order valence-corrected chi connectivity index (χ4v) is 4.12. The number of aromatic amines is 1. The number of carboxylic acids is 1. The number of imidazole rings is 1. The molecule has 0 aliphatic heterocycles. The number of aromatic nitrogens is 2. The summed E-state index contributed by atoms with van der Waals surface area (Å²) in [6.07, 6.45) is 3.99. The van der Waals surface area contributed by atoms with Crippen LogP contribution in [0.25, 0.3) is 0 Å². The van der Waals surface area contributed by atoms with E-state index >= 15 is 0 Å². The largest absolute Gasteiger partial charge is 0.480 e. The van der Waals surface area contributed by atoms with Gasteiger partial charge in [0.25, 0.3) is 0 Å². The highest BCUT2D eigenvalue weighted by Crippen LogP contribution is 2.08. The second kappa shape index (κ2) is 18.4.